The van der Waals surface area contributed by atoms with Crippen LogP contribution in [0.4, 0.5) is 5.82 Å². The summed E-state index contributed by atoms with van der Waals surface area (Å²) in [6.07, 6.45) is 5.59. The van der Waals surface area contributed by atoms with Gasteiger partial charge in [0.15, 0.2) is 5.82 Å². The van der Waals surface area contributed by atoms with Crippen LogP contribution in [-0.2, 0) is 0 Å². The molecule has 2 aromatic rings. The lowest BCUT2D eigenvalue weighted by atomic mass is 10.3. The highest BCUT2D eigenvalue weighted by Gasteiger charge is 2.29. The monoisotopic (exact) mass is 313 g/mol. The summed E-state index contributed by atoms with van der Waals surface area (Å²) in [5.41, 5.74) is 0.461. The number of ether oxygens (including phenoxy) is 1. The Morgan fingerprint density at radius 1 is 1.35 bits per heavy atom. The molecule has 3 rings (SSSR count). The van der Waals surface area contributed by atoms with Crippen LogP contribution in [0, 0.1) is 0 Å². The van der Waals surface area contributed by atoms with E-state index in [2.05, 4.69) is 15.0 Å². The Labute approximate surface area is 134 Å². The number of nitrogens with zero attached hydrogens (tertiary/aromatic N) is 5. The molecule has 1 atom stereocenters. The summed E-state index contributed by atoms with van der Waals surface area (Å²) in [5, 5.41) is 0. The Balaban J connectivity index is 1.62. The molecule has 0 saturated carbocycles. The second-order valence-corrected chi connectivity index (χ2v) is 5.60. The highest BCUT2D eigenvalue weighted by Crippen LogP contribution is 2.19. The van der Waals surface area contributed by atoms with Gasteiger partial charge in [0.25, 0.3) is 5.91 Å². The first kappa shape index (κ1) is 15.2. The molecule has 0 unspecified atom stereocenters. The third-order valence-corrected chi connectivity index (χ3v) is 3.66. The molecule has 1 amide bonds. The van der Waals surface area contributed by atoms with Gasteiger partial charge in [0.2, 0.25) is 5.88 Å². The number of pyridine rings is 1. The maximum absolute atomic E-state index is 12.4. The summed E-state index contributed by atoms with van der Waals surface area (Å²) in [7, 11) is 3.80. The van der Waals surface area contributed by atoms with Gasteiger partial charge < -0.3 is 14.5 Å². The Hall–Kier alpha value is -2.70. The predicted molar refractivity (Wildman–Crippen MR) is 85.5 cm³/mol. The van der Waals surface area contributed by atoms with Crippen LogP contribution < -0.4 is 9.64 Å². The van der Waals surface area contributed by atoms with Gasteiger partial charge in [-0.15, -0.1) is 0 Å². The first-order valence-electron chi connectivity index (χ1n) is 7.50. The van der Waals surface area contributed by atoms with Crippen LogP contribution in [0.25, 0.3) is 0 Å². The van der Waals surface area contributed by atoms with Gasteiger partial charge in [-0.05, 0) is 12.1 Å². The molecule has 0 N–H and O–H groups in total. The summed E-state index contributed by atoms with van der Waals surface area (Å²) in [4.78, 5) is 28.6. The Kier molecular flexibility index (Phi) is 4.36. The van der Waals surface area contributed by atoms with Gasteiger partial charge in [-0.3, -0.25) is 14.8 Å². The number of hydrogen-bond acceptors (Lipinski definition) is 6. The smallest absolute Gasteiger partial charge is 0.272 e. The number of rotatable bonds is 4. The van der Waals surface area contributed by atoms with Crippen LogP contribution in [-0.4, -0.2) is 59.0 Å². The molecular weight excluding hydrogens is 294 g/mol. The Morgan fingerprint density at radius 3 is 2.96 bits per heavy atom. The zero-order valence-electron chi connectivity index (χ0n) is 13.2. The molecule has 2 aromatic heterocycles. The molecule has 0 aromatic carbocycles. The normalized spacial score (nSPS) is 17.1. The summed E-state index contributed by atoms with van der Waals surface area (Å²) < 4.78 is 5.87. The number of hydrogen-bond donors (Lipinski definition) is 0. The fourth-order valence-corrected chi connectivity index (χ4v) is 2.44. The molecule has 1 fully saturated rings. The highest BCUT2D eigenvalue weighted by atomic mass is 16.5. The van der Waals surface area contributed by atoms with Crippen LogP contribution in [0.1, 0.15) is 16.9 Å². The van der Waals surface area contributed by atoms with E-state index in [-0.39, 0.29) is 12.0 Å². The summed E-state index contributed by atoms with van der Waals surface area (Å²) >= 11 is 0. The maximum atomic E-state index is 12.4. The fraction of sp³-hybridized carbons (Fsp3) is 0.375. The quantitative estimate of drug-likeness (QED) is 0.845. The van der Waals surface area contributed by atoms with Gasteiger partial charge in [-0.2, -0.15) is 4.98 Å². The minimum atomic E-state index is -0.0747. The molecule has 0 aliphatic carbocycles. The number of anilines is 1. The summed E-state index contributed by atoms with van der Waals surface area (Å²) in [6.45, 7) is 1.18. The highest BCUT2D eigenvalue weighted by molar-refractivity contribution is 5.92. The van der Waals surface area contributed by atoms with Gasteiger partial charge in [-0.1, -0.05) is 6.07 Å². The standard InChI is InChI=1S/C16H19N5O2/c1-20(2)14-9-17-10-15(19-14)23-12-6-8-21(11-12)16(22)13-5-3-4-7-18-13/h3-5,7,9-10,12H,6,8,11H2,1-2H3/t12-/m0/s1. The average molecular weight is 313 g/mol. The van der Waals surface area contributed by atoms with Gasteiger partial charge in [0.05, 0.1) is 18.9 Å². The van der Waals surface area contributed by atoms with Crippen molar-refractivity contribution in [2.45, 2.75) is 12.5 Å². The van der Waals surface area contributed by atoms with Crippen LogP contribution in [0.15, 0.2) is 36.8 Å². The van der Waals surface area contributed by atoms with Gasteiger partial charge in [-0.25, -0.2) is 0 Å². The van der Waals surface area contributed by atoms with Crippen molar-refractivity contribution in [2.75, 3.05) is 32.1 Å². The SMILES string of the molecule is CN(C)c1cncc(O[C@H]2CCN(C(=O)c3ccccn3)C2)n1. The van der Waals surface area contributed by atoms with E-state index in [1.165, 1.54) is 0 Å². The molecule has 1 aliphatic heterocycles. The largest absolute Gasteiger partial charge is 0.471 e. The zero-order valence-corrected chi connectivity index (χ0v) is 13.2. The molecule has 7 nitrogen and oxygen atoms in total. The van der Waals surface area contributed by atoms with Crippen molar-refractivity contribution in [1.82, 2.24) is 19.9 Å². The van der Waals surface area contributed by atoms with E-state index in [0.29, 0.717) is 24.7 Å². The topological polar surface area (TPSA) is 71.5 Å². The molecule has 1 saturated heterocycles. The minimum Gasteiger partial charge on any atom is -0.471 e. The van der Waals surface area contributed by atoms with E-state index >= 15 is 0 Å². The van der Waals surface area contributed by atoms with E-state index in [9.17, 15) is 4.79 Å². The number of likely N-dealkylation sites (tertiary alicyclic amines) is 1. The van der Waals surface area contributed by atoms with Crippen molar-refractivity contribution in [3.05, 3.63) is 42.5 Å². The molecule has 0 spiro atoms. The Bertz CT molecular complexity index is 677. The summed E-state index contributed by atoms with van der Waals surface area (Å²) in [6, 6.07) is 5.33. The predicted octanol–water partition coefficient (Wildman–Crippen LogP) is 1.23. The van der Waals surface area contributed by atoms with E-state index in [1.807, 2.05) is 25.1 Å². The van der Waals surface area contributed by atoms with Gasteiger partial charge in [0.1, 0.15) is 11.8 Å². The molecule has 1 aliphatic rings. The fourth-order valence-electron chi connectivity index (χ4n) is 2.44. The van der Waals surface area contributed by atoms with Crippen molar-refractivity contribution < 1.29 is 9.53 Å². The Morgan fingerprint density at radius 2 is 2.22 bits per heavy atom. The van der Waals surface area contributed by atoms with E-state index in [4.69, 9.17) is 4.74 Å². The lowest BCUT2D eigenvalue weighted by molar-refractivity contribution is 0.0765. The molecule has 0 bridgehead atoms. The van der Waals surface area contributed by atoms with Crippen molar-refractivity contribution >= 4 is 11.7 Å². The van der Waals surface area contributed by atoms with E-state index in [0.717, 1.165) is 12.2 Å². The van der Waals surface area contributed by atoms with Crippen molar-refractivity contribution in [3.63, 3.8) is 0 Å². The number of aromatic nitrogens is 3. The first-order chi connectivity index (χ1) is 11.1. The number of carbonyl (C=O) groups excluding carboxylic acids is 1. The summed E-state index contributed by atoms with van der Waals surface area (Å²) in [5.74, 6) is 1.15. The molecule has 7 heteroatoms. The van der Waals surface area contributed by atoms with Gasteiger partial charge in [0, 0.05) is 33.3 Å². The first-order valence-corrected chi connectivity index (χ1v) is 7.50. The lowest BCUT2D eigenvalue weighted by Gasteiger charge is -2.17. The average Bonchev–Trinajstić information content (AvgIpc) is 3.03. The molecule has 120 valence electrons. The van der Waals surface area contributed by atoms with Crippen LogP contribution in [0.2, 0.25) is 0 Å². The number of amides is 1. The van der Waals surface area contributed by atoms with Crippen LogP contribution in [0.5, 0.6) is 5.88 Å². The van der Waals surface area contributed by atoms with Gasteiger partial charge >= 0.3 is 0 Å². The second kappa shape index (κ2) is 6.60. The van der Waals surface area contributed by atoms with Crippen molar-refractivity contribution in [1.29, 1.82) is 0 Å². The van der Waals surface area contributed by atoms with Crippen molar-refractivity contribution in [3.8, 4) is 5.88 Å². The third-order valence-electron chi connectivity index (χ3n) is 3.66. The lowest BCUT2D eigenvalue weighted by Crippen LogP contribution is -2.31. The second-order valence-electron chi connectivity index (χ2n) is 5.60. The van der Waals surface area contributed by atoms with Crippen molar-refractivity contribution in [2.24, 2.45) is 0 Å². The molecule has 0 radical (unpaired) electrons. The molecule has 23 heavy (non-hydrogen) atoms. The molecular formula is C16H19N5O2. The van der Waals surface area contributed by atoms with E-state index < -0.39 is 0 Å². The molecule has 3 heterocycles. The van der Waals surface area contributed by atoms with Crippen LogP contribution in [0.3, 0.4) is 0 Å². The minimum absolute atomic E-state index is 0.0650. The zero-order chi connectivity index (χ0) is 16.2. The van der Waals surface area contributed by atoms with Crippen LogP contribution >= 0.6 is 0 Å². The third kappa shape index (κ3) is 3.56. The van der Waals surface area contributed by atoms with E-state index in [1.54, 1.807) is 35.6 Å². The number of carbonyl (C=O) groups is 1. The maximum Gasteiger partial charge on any atom is 0.272 e.